The third-order valence-corrected chi connectivity index (χ3v) is 9.08. The maximum absolute atomic E-state index is 6.86. The Bertz CT molecular complexity index is 1110. The second-order valence-corrected chi connectivity index (χ2v) is 11.1. The van der Waals surface area contributed by atoms with Crippen LogP contribution in [0.4, 0.5) is 0 Å². The molecule has 6 rings (SSSR count). The van der Waals surface area contributed by atoms with Gasteiger partial charge in [-0.1, -0.05) is 69.3 Å². The Labute approximate surface area is 179 Å². The first-order valence-corrected chi connectivity index (χ1v) is 11.5. The summed E-state index contributed by atoms with van der Waals surface area (Å²) in [4.78, 5) is 0. The van der Waals surface area contributed by atoms with Crippen LogP contribution in [-0.4, -0.2) is 11.9 Å². The summed E-state index contributed by atoms with van der Waals surface area (Å²) in [6.07, 6.45) is 2.81. The van der Waals surface area contributed by atoms with E-state index in [0.29, 0.717) is 11.8 Å². The van der Waals surface area contributed by atoms with E-state index < -0.39 is 5.79 Å². The van der Waals surface area contributed by atoms with Crippen molar-refractivity contribution in [2.75, 3.05) is 0 Å². The third kappa shape index (κ3) is 2.27. The van der Waals surface area contributed by atoms with E-state index in [0.717, 1.165) is 0 Å². The Morgan fingerprint density at radius 1 is 0.800 bits per heavy atom. The summed E-state index contributed by atoms with van der Waals surface area (Å²) in [5.41, 5.74) is 1.81. The first-order valence-electron chi connectivity index (χ1n) is 11.5. The number of fused-ring (bicyclic) bond motifs is 7. The fourth-order valence-electron chi connectivity index (χ4n) is 7.28. The van der Waals surface area contributed by atoms with Gasteiger partial charge in [-0.25, -0.2) is 0 Å². The lowest BCUT2D eigenvalue weighted by molar-refractivity contribution is -0.339. The van der Waals surface area contributed by atoms with Crippen LogP contribution in [0, 0.1) is 22.7 Å². The van der Waals surface area contributed by atoms with Crippen LogP contribution in [0.25, 0.3) is 21.5 Å². The quantitative estimate of drug-likeness (QED) is 0.400. The van der Waals surface area contributed by atoms with Crippen LogP contribution >= 0.6 is 0 Å². The average Bonchev–Trinajstić information content (AvgIpc) is 3.03. The van der Waals surface area contributed by atoms with E-state index in [1.165, 1.54) is 39.9 Å². The minimum absolute atomic E-state index is 0.0427. The lowest BCUT2D eigenvalue weighted by Gasteiger charge is -2.51. The number of benzene rings is 3. The third-order valence-electron chi connectivity index (χ3n) is 9.08. The Balaban J connectivity index is 1.64. The van der Waals surface area contributed by atoms with Crippen molar-refractivity contribution >= 4 is 21.5 Å². The molecule has 0 amide bonds. The highest BCUT2D eigenvalue weighted by Crippen LogP contribution is 2.72. The molecule has 0 radical (unpaired) electrons. The maximum Gasteiger partial charge on any atom is 0.164 e. The molecule has 3 aliphatic rings. The smallest absolute Gasteiger partial charge is 0.164 e. The molecule has 1 saturated heterocycles. The molecule has 3 aromatic rings. The van der Waals surface area contributed by atoms with Crippen molar-refractivity contribution in [3.63, 3.8) is 0 Å². The van der Waals surface area contributed by atoms with Crippen molar-refractivity contribution in [1.82, 2.24) is 0 Å². The van der Waals surface area contributed by atoms with Crippen LogP contribution in [0.3, 0.4) is 0 Å². The van der Waals surface area contributed by atoms with Crippen molar-refractivity contribution in [3.05, 3.63) is 60.2 Å². The summed E-state index contributed by atoms with van der Waals surface area (Å²) < 4.78 is 13.6. The number of ether oxygens (including phenoxy) is 2. The molecule has 2 saturated carbocycles. The predicted molar refractivity (Wildman–Crippen MR) is 122 cm³/mol. The molecule has 1 heterocycles. The normalized spacial score (nSPS) is 36.3. The highest BCUT2D eigenvalue weighted by molar-refractivity contribution is 6.02. The van der Waals surface area contributed by atoms with E-state index in [1.807, 2.05) is 0 Å². The highest BCUT2D eigenvalue weighted by Gasteiger charge is 2.70. The van der Waals surface area contributed by atoms with Gasteiger partial charge in [0, 0.05) is 5.92 Å². The Morgan fingerprint density at radius 2 is 1.40 bits per heavy atom. The van der Waals surface area contributed by atoms with Crippen molar-refractivity contribution in [1.29, 1.82) is 0 Å². The summed E-state index contributed by atoms with van der Waals surface area (Å²) in [5, 5.41) is 5.24. The summed E-state index contributed by atoms with van der Waals surface area (Å²) in [5.74, 6) is 0.417. The Kier molecular flexibility index (Phi) is 3.68. The minimum atomic E-state index is -0.590. The van der Waals surface area contributed by atoms with E-state index in [2.05, 4.69) is 89.2 Å². The molecule has 0 aromatic heterocycles. The first-order chi connectivity index (χ1) is 14.2. The van der Waals surface area contributed by atoms with Gasteiger partial charge in [0.15, 0.2) is 5.79 Å². The fourth-order valence-corrected chi connectivity index (χ4v) is 7.28. The molecule has 5 atom stereocenters. The van der Waals surface area contributed by atoms with Gasteiger partial charge in [0.1, 0.15) is 0 Å². The number of rotatable bonds is 1. The summed E-state index contributed by atoms with van der Waals surface area (Å²) in [6, 6.07) is 19.9. The van der Waals surface area contributed by atoms with E-state index in [9.17, 15) is 0 Å². The lowest BCUT2D eigenvalue weighted by Crippen LogP contribution is -2.52. The van der Waals surface area contributed by atoms with Gasteiger partial charge in [0.2, 0.25) is 0 Å². The molecule has 3 fully saturated rings. The Morgan fingerprint density at radius 3 is 2.03 bits per heavy atom. The van der Waals surface area contributed by atoms with Crippen molar-refractivity contribution in [2.45, 2.75) is 65.5 Å². The standard InChI is InChI=1S/C28H32O2/c1-26(2)21-14-15-28(26,5)25-23(21)24(29-27(3,4)30-25)22-19-12-8-6-10-17(19)16-18-11-7-9-13-20(18)22/h6-13,16,21,23-25H,14-15H2,1-5H3/t21-,23+,24+,25-,28+/m1/s1. The molecule has 0 spiro atoms. The maximum atomic E-state index is 6.86. The van der Waals surface area contributed by atoms with Gasteiger partial charge in [0.25, 0.3) is 0 Å². The van der Waals surface area contributed by atoms with Crippen LogP contribution in [0.2, 0.25) is 0 Å². The highest BCUT2D eigenvalue weighted by atomic mass is 16.7. The van der Waals surface area contributed by atoms with Crippen LogP contribution in [0.5, 0.6) is 0 Å². The molecule has 156 valence electrons. The van der Waals surface area contributed by atoms with Crippen molar-refractivity contribution in [3.8, 4) is 0 Å². The second kappa shape index (κ2) is 5.87. The molecular formula is C28H32O2. The van der Waals surface area contributed by atoms with Crippen LogP contribution < -0.4 is 0 Å². The monoisotopic (exact) mass is 400 g/mol. The van der Waals surface area contributed by atoms with E-state index in [4.69, 9.17) is 9.47 Å². The zero-order valence-corrected chi connectivity index (χ0v) is 18.7. The molecule has 2 nitrogen and oxygen atoms in total. The minimum Gasteiger partial charge on any atom is -0.346 e. The topological polar surface area (TPSA) is 18.5 Å². The molecule has 3 aromatic carbocycles. The first kappa shape index (κ1) is 18.8. The molecule has 2 aliphatic carbocycles. The van der Waals surface area contributed by atoms with Gasteiger partial charge < -0.3 is 9.47 Å². The van der Waals surface area contributed by atoms with Crippen LogP contribution in [-0.2, 0) is 9.47 Å². The molecule has 30 heavy (non-hydrogen) atoms. The van der Waals surface area contributed by atoms with Crippen molar-refractivity contribution < 1.29 is 9.47 Å². The van der Waals surface area contributed by atoms with Gasteiger partial charge >= 0.3 is 0 Å². The second-order valence-electron chi connectivity index (χ2n) is 11.1. The van der Waals surface area contributed by atoms with Gasteiger partial charge in [-0.2, -0.15) is 0 Å². The fraction of sp³-hybridized carbons (Fsp3) is 0.500. The average molecular weight is 401 g/mol. The zero-order valence-electron chi connectivity index (χ0n) is 18.7. The summed E-state index contributed by atoms with van der Waals surface area (Å²) >= 11 is 0. The van der Waals surface area contributed by atoms with Crippen LogP contribution in [0.15, 0.2) is 54.6 Å². The molecule has 0 N–H and O–H groups in total. The van der Waals surface area contributed by atoms with E-state index >= 15 is 0 Å². The number of hydrogen-bond acceptors (Lipinski definition) is 2. The van der Waals surface area contributed by atoms with Gasteiger partial charge in [-0.15, -0.1) is 0 Å². The SMILES string of the molecule is CC1(C)O[C@@H]2[C@@H]([C@H]3CC[C@]2(C)C3(C)C)[C@H](c2c3ccccc3cc3ccccc23)O1. The summed E-state index contributed by atoms with van der Waals surface area (Å²) in [6.45, 7) is 11.6. The van der Waals surface area contributed by atoms with Crippen molar-refractivity contribution in [2.24, 2.45) is 22.7 Å². The molecular weight excluding hydrogens is 368 g/mol. The predicted octanol–water partition coefficient (Wildman–Crippen LogP) is 7.26. The summed E-state index contributed by atoms with van der Waals surface area (Å²) in [7, 11) is 0. The van der Waals surface area contributed by atoms with E-state index in [1.54, 1.807) is 0 Å². The molecule has 2 bridgehead atoms. The largest absolute Gasteiger partial charge is 0.346 e. The van der Waals surface area contributed by atoms with Crippen LogP contribution in [0.1, 0.15) is 59.1 Å². The van der Waals surface area contributed by atoms with E-state index in [-0.39, 0.29) is 23.0 Å². The molecule has 0 unspecified atom stereocenters. The van der Waals surface area contributed by atoms with Gasteiger partial charge in [-0.05, 0) is 76.6 Å². The Hall–Kier alpha value is -1.90. The zero-order chi connectivity index (χ0) is 20.9. The molecule has 2 heteroatoms. The van der Waals surface area contributed by atoms with Gasteiger partial charge in [-0.3, -0.25) is 0 Å². The number of hydrogen-bond donors (Lipinski definition) is 0. The molecule has 1 aliphatic heterocycles. The lowest BCUT2D eigenvalue weighted by atomic mass is 9.69. The van der Waals surface area contributed by atoms with Gasteiger partial charge in [0.05, 0.1) is 12.2 Å².